The Morgan fingerprint density at radius 2 is 1.81 bits per heavy atom. The van der Waals surface area contributed by atoms with E-state index in [4.69, 9.17) is 0 Å². The number of nitro groups is 1. The second-order valence-corrected chi connectivity index (χ2v) is 6.15. The smallest absolute Gasteiger partial charge is 0.258 e. The zero-order chi connectivity index (χ0) is 14.6. The molecular formula is C16H10N2O2S. The number of nitrogens with zero attached hydrogens (tertiary/aromatic N) is 2. The van der Waals surface area contributed by atoms with Crippen molar-refractivity contribution in [3.8, 4) is 0 Å². The highest BCUT2D eigenvalue weighted by atomic mass is 32.1. The van der Waals surface area contributed by atoms with Crippen molar-refractivity contribution < 1.29 is 4.92 Å². The SMILES string of the molecule is Cc1nc2c3ccccc3c3cc([N+](=O)[O-])ccc3c2s1. The fourth-order valence-electron chi connectivity index (χ4n) is 2.78. The average molecular weight is 294 g/mol. The minimum absolute atomic E-state index is 0.119. The van der Waals surface area contributed by atoms with Gasteiger partial charge in [-0.15, -0.1) is 11.3 Å². The number of thiazole rings is 1. The molecule has 0 bridgehead atoms. The Morgan fingerprint density at radius 1 is 1.05 bits per heavy atom. The van der Waals surface area contributed by atoms with Crippen molar-refractivity contribution in [2.75, 3.05) is 0 Å². The molecule has 0 atom stereocenters. The van der Waals surface area contributed by atoms with E-state index >= 15 is 0 Å². The molecule has 0 fully saturated rings. The highest BCUT2D eigenvalue weighted by molar-refractivity contribution is 7.19. The Labute approximate surface area is 123 Å². The first kappa shape index (κ1) is 12.2. The quantitative estimate of drug-likeness (QED) is 0.287. The molecule has 5 heteroatoms. The highest BCUT2D eigenvalue weighted by Crippen LogP contribution is 2.38. The van der Waals surface area contributed by atoms with Gasteiger partial charge in [0.2, 0.25) is 0 Å². The maximum absolute atomic E-state index is 11.0. The van der Waals surface area contributed by atoms with Gasteiger partial charge in [0, 0.05) is 22.9 Å². The molecule has 1 aromatic heterocycles. The molecule has 0 saturated carbocycles. The lowest BCUT2D eigenvalue weighted by molar-refractivity contribution is -0.384. The molecular weight excluding hydrogens is 284 g/mol. The van der Waals surface area contributed by atoms with Crippen LogP contribution in [-0.4, -0.2) is 9.91 Å². The molecule has 0 aliphatic rings. The van der Waals surface area contributed by atoms with Crippen LogP contribution in [0.4, 0.5) is 5.69 Å². The number of aryl methyl sites for hydroxylation is 1. The molecule has 4 rings (SSSR count). The third kappa shape index (κ3) is 1.71. The number of benzene rings is 3. The first-order valence-corrected chi connectivity index (χ1v) is 7.33. The number of nitro benzene ring substituents is 1. The predicted molar refractivity (Wildman–Crippen MR) is 86.0 cm³/mol. The predicted octanol–water partition coefficient (Wildman–Crippen LogP) is 4.82. The standard InChI is InChI=1S/C16H10N2O2S/c1-9-17-15-12-5-3-2-4-11(12)14-8-10(18(19)20)6-7-13(14)16(15)21-9/h2-8H,1H3. The first-order chi connectivity index (χ1) is 10.1. The van der Waals surface area contributed by atoms with Gasteiger partial charge in [0.25, 0.3) is 5.69 Å². The summed E-state index contributed by atoms with van der Waals surface area (Å²) in [7, 11) is 0. The minimum atomic E-state index is -0.351. The highest BCUT2D eigenvalue weighted by Gasteiger charge is 2.14. The van der Waals surface area contributed by atoms with E-state index in [-0.39, 0.29) is 10.6 Å². The summed E-state index contributed by atoms with van der Waals surface area (Å²) in [5.74, 6) is 0. The van der Waals surface area contributed by atoms with Gasteiger partial charge in [-0.3, -0.25) is 10.1 Å². The first-order valence-electron chi connectivity index (χ1n) is 6.51. The molecule has 102 valence electrons. The zero-order valence-electron chi connectivity index (χ0n) is 11.2. The van der Waals surface area contributed by atoms with Crippen molar-refractivity contribution in [3.63, 3.8) is 0 Å². The van der Waals surface area contributed by atoms with E-state index in [0.29, 0.717) is 0 Å². The monoisotopic (exact) mass is 294 g/mol. The van der Waals surface area contributed by atoms with Crippen LogP contribution in [0.25, 0.3) is 31.8 Å². The van der Waals surface area contributed by atoms with Gasteiger partial charge in [0.05, 0.1) is 20.1 Å². The van der Waals surface area contributed by atoms with E-state index in [1.54, 1.807) is 23.5 Å². The summed E-state index contributed by atoms with van der Waals surface area (Å²) in [6.45, 7) is 1.98. The summed E-state index contributed by atoms with van der Waals surface area (Å²) in [6, 6.07) is 13.0. The van der Waals surface area contributed by atoms with E-state index in [0.717, 1.165) is 36.8 Å². The molecule has 0 N–H and O–H groups in total. The molecule has 0 spiro atoms. The lowest BCUT2D eigenvalue weighted by atomic mass is 10.0. The van der Waals surface area contributed by atoms with Crippen LogP contribution in [0.2, 0.25) is 0 Å². The van der Waals surface area contributed by atoms with Crippen molar-refractivity contribution >= 4 is 48.8 Å². The number of aromatic nitrogens is 1. The lowest BCUT2D eigenvalue weighted by Crippen LogP contribution is -1.88. The van der Waals surface area contributed by atoms with Crippen LogP contribution in [0.5, 0.6) is 0 Å². The number of hydrogen-bond donors (Lipinski definition) is 0. The van der Waals surface area contributed by atoms with Gasteiger partial charge in [-0.2, -0.15) is 0 Å². The van der Waals surface area contributed by atoms with Gasteiger partial charge in [0.15, 0.2) is 0 Å². The number of fused-ring (bicyclic) bond motifs is 6. The number of rotatable bonds is 1. The Balaban J connectivity index is 2.32. The molecule has 0 saturated heterocycles. The molecule has 0 unspecified atom stereocenters. The van der Waals surface area contributed by atoms with E-state index in [1.807, 2.05) is 37.3 Å². The van der Waals surface area contributed by atoms with Gasteiger partial charge in [-0.1, -0.05) is 24.3 Å². The molecule has 0 amide bonds. The van der Waals surface area contributed by atoms with Crippen LogP contribution in [0, 0.1) is 17.0 Å². The van der Waals surface area contributed by atoms with Crippen LogP contribution in [0.3, 0.4) is 0 Å². The average Bonchev–Trinajstić information content (AvgIpc) is 2.89. The third-order valence-electron chi connectivity index (χ3n) is 3.67. The Bertz CT molecular complexity index is 1040. The van der Waals surface area contributed by atoms with Crippen LogP contribution < -0.4 is 0 Å². The molecule has 4 aromatic rings. The Kier molecular flexibility index (Phi) is 2.46. The van der Waals surface area contributed by atoms with E-state index in [9.17, 15) is 10.1 Å². The van der Waals surface area contributed by atoms with Crippen molar-refractivity contribution in [1.82, 2.24) is 4.98 Å². The topological polar surface area (TPSA) is 56.0 Å². The van der Waals surface area contributed by atoms with Gasteiger partial charge < -0.3 is 0 Å². The maximum Gasteiger partial charge on any atom is 0.270 e. The molecule has 3 aromatic carbocycles. The van der Waals surface area contributed by atoms with Crippen molar-refractivity contribution in [2.24, 2.45) is 0 Å². The van der Waals surface area contributed by atoms with Crippen molar-refractivity contribution in [3.05, 3.63) is 57.6 Å². The molecule has 0 aliphatic heterocycles. The second-order valence-electron chi connectivity index (χ2n) is 4.94. The summed E-state index contributed by atoms with van der Waals surface area (Å²) in [4.78, 5) is 15.3. The van der Waals surface area contributed by atoms with Crippen LogP contribution in [0.15, 0.2) is 42.5 Å². The van der Waals surface area contributed by atoms with Crippen LogP contribution in [-0.2, 0) is 0 Å². The van der Waals surface area contributed by atoms with Gasteiger partial charge in [-0.05, 0) is 23.8 Å². The maximum atomic E-state index is 11.0. The lowest BCUT2D eigenvalue weighted by Gasteiger charge is -2.05. The summed E-state index contributed by atoms with van der Waals surface area (Å²) in [5, 5.41) is 16.0. The van der Waals surface area contributed by atoms with Gasteiger partial charge in [0.1, 0.15) is 0 Å². The number of hydrogen-bond acceptors (Lipinski definition) is 4. The fraction of sp³-hybridized carbons (Fsp3) is 0.0625. The zero-order valence-corrected chi connectivity index (χ0v) is 12.0. The largest absolute Gasteiger partial charge is 0.270 e. The van der Waals surface area contributed by atoms with Crippen molar-refractivity contribution in [2.45, 2.75) is 6.92 Å². The van der Waals surface area contributed by atoms with Crippen molar-refractivity contribution in [1.29, 1.82) is 0 Å². The molecule has 1 heterocycles. The minimum Gasteiger partial charge on any atom is -0.258 e. The Morgan fingerprint density at radius 3 is 2.57 bits per heavy atom. The summed E-state index contributed by atoms with van der Waals surface area (Å²) < 4.78 is 1.09. The number of non-ortho nitro benzene ring substituents is 1. The van der Waals surface area contributed by atoms with E-state index in [1.165, 1.54) is 0 Å². The molecule has 0 aliphatic carbocycles. The summed E-state index contributed by atoms with van der Waals surface area (Å²) >= 11 is 1.63. The van der Waals surface area contributed by atoms with Gasteiger partial charge in [-0.25, -0.2) is 4.98 Å². The van der Waals surface area contributed by atoms with Gasteiger partial charge >= 0.3 is 0 Å². The summed E-state index contributed by atoms with van der Waals surface area (Å²) in [5.41, 5.74) is 1.10. The molecule has 4 nitrogen and oxygen atoms in total. The Hall–Kier alpha value is -2.53. The molecule has 0 radical (unpaired) electrons. The van der Waals surface area contributed by atoms with E-state index < -0.39 is 0 Å². The second kappa shape index (κ2) is 4.23. The van der Waals surface area contributed by atoms with Crippen LogP contribution >= 0.6 is 11.3 Å². The normalized spacial score (nSPS) is 11.5. The summed E-state index contributed by atoms with van der Waals surface area (Å²) in [6.07, 6.45) is 0. The fourth-order valence-corrected chi connectivity index (χ4v) is 3.76. The van der Waals surface area contributed by atoms with Crippen LogP contribution in [0.1, 0.15) is 5.01 Å². The third-order valence-corrected chi connectivity index (χ3v) is 4.67. The van der Waals surface area contributed by atoms with E-state index in [2.05, 4.69) is 4.98 Å². The molecule has 21 heavy (non-hydrogen) atoms.